The Hall–Kier alpha value is -3.22. The number of nitrogens with one attached hydrogen (secondary N) is 1. The number of amides is 1. The molecule has 0 atom stereocenters. The van der Waals surface area contributed by atoms with Gasteiger partial charge in [-0.15, -0.1) is 0 Å². The lowest BCUT2D eigenvalue weighted by molar-refractivity contribution is -0.387. The lowest BCUT2D eigenvalue weighted by atomic mass is 10.1. The molecule has 0 aliphatic rings. The SMILES string of the molecule is CCc1ccc2c(CC(=O)Nc3ccc(F)c([N+](=O)[O-])c3)coc2c1. The highest BCUT2D eigenvalue weighted by Crippen LogP contribution is 2.25. The van der Waals surface area contributed by atoms with Crippen LogP contribution in [0.1, 0.15) is 18.1 Å². The summed E-state index contributed by atoms with van der Waals surface area (Å²) in [6.07, 6.45) is 2.45. The maximum atomic E-state index is 13.3. The summed E-state index contributed by atoms with van der Waals surface area (Å²) in [5, 5.41) is 14.1. The van der Waals surface area contributed by atoms with Crippen molar-refractivity contribution in [3.05, 3.63) is 69.7 Å². The van der Waals surface area contributed by atoms with Crippen LogP contribution in [-0.2, 0) is 17.6 Å². The number of halogens is 1. The summed E-state index contributed by atoms with van der Waals surface area (Å²) in [5.41, 5.74) is 2.04. The van der Waals surface area contributed by atoms with Crippen LogP contribution in [0, 0.1) is 15.9 Å². The standard InChI is InChI=1S/C18H15FN2O4/c1-2-11-3-5-14-12(10-25-17(14)7-11)8-18(22)20-13-4-6-15(19)16(9-13)21(23)24/h3-7,9-10H,2,8H2,1H3,(H,20,22). The number of nitrogens with zero attached hydrogens (tertiary/aromatic N) is 1. The van der Waals surface area contributed by atoms with Crippen molar-refractivity contribution in [3.63, 3.8) is 0 Å². The summed E-state index contributed by atoms with van der Waals surface area (Å²) in [6.45, 7) is 2.04. The van der Waals surface area contributed by atoms with Crippen LogP contribution in [0.3, 0.4) is 0 Å². The molecule has 0 unspecified atom stereocenters. The van der Waals surface area contributed by atoms with Gasteiger partial charge in [0.2, 0.25) is 11.7 Å². The van der Waals surface area contributed by atoms with Crippen molar-refractivity contribution < 1.29 is 18.5 Å². The Labute approximate surface area is 142 Å². The zero-order valence-corrected chi connectivity index (χ0v) is 13.4. The summed E-state index contributed by atoms with van der Waals surface area (Å²) in [6, 6.07) is 9.04. The summed E-state index contributed by atoms with van der Waals surface area (Å²) >= 11 is 0. The van der Waals surface area contributed by atoms with E-state index in [1.165, 1.54) is 12.3 Å². The van der Waals surface area contributed by atoms with Crippen LogP contribution < -0.4 is 5.32 Å². The number of hydrogen-bond donors (Lipinski definition) is 1. The molecular weight excluding hydrogens is 327 g/mol. The Balaban J connectivity index is 1.77. The molecule has 0 saturated heterocycles. The average molecular weight is 342 g/mol. The van der Waals surface area contributed by atoms with Crippen molar-refractivity contribution >= 4 is 28.3 Å². The number of fused-ring (bicyclic) bond motifs is 1. The predicted octanol–water partition coefficient (Wildman–Crippen LogP) is 4.22. The van der Waals surface area contributed by atoms with Gasteiger partial charge in [-0.05, 0) is 30.2 Å². The molecule has 0 aliphatic carbocycles. The first kappa shape index (κ1) is 16.6. The van der Waals surface area contributed by atoms with Crippen LogP contribution in [0.25, 0.3) is 11.0 Å². The number of aryl methyl sites for hydroxylation is 1. The fourth-order valence-corrected chi connectivity index (χ4v) is 2.59. The molecule has 0 radical (unpaired) electrons. The van der Waals surface area contributed by atoms with Gasteiger partial charge in [-0.2, -0.15) is 4.39 Å². The quantitative estimate of drug-likeness (QED) is 0.555. The maximum Gasteiger partial charge on any atom is 0.306 e. The Bertz CT molecular complexity index is 965. The largest absolute Gasteiger partial charge is 0.464 e. The molecule has 0 fully saturated rings. The monoisotopic (exact) mass is 342 g/mol. The van der Waals surface area contributed by atoms with Crippen molar-refractivity contribution in [2.75, 3.05) is 5.32 Å². The molecule has 7 heteroatoms. The predicted molar refractivity (Wildman–Crippen MR) is 91.0 cm³/mol. The fourth-order valence-electron chi connectivity index (χ4n) is 2.59. The van der Waals surface area contributed by atoms with Gasteiger partial charge in [-0.1, -0.05) is 19.1 Å². The zero-order chi connectivity index (χ0) is 18.0. The molecule has 25 heavy (non-hydrogen) atoms. The summed E-state index contributed by atoms with van der Waals surface area (Å²) < 4.78 is 18.8. The second kappa shape index (κ2) is 6.72. The molecular formula is C18H15FN2O4. The molecule has 1 aromatic heterocycles. The summed E-state index contributed by atoms with van der Waals surface area (Å²) in [5.74, 6) is -1.32. The summed E-state index contributed by atoms with van der Waals surface area (Å²) in [4.78, 5) is 22.1. The Morgan fingerprint density at radius 1 is 1.28 bits per heavy atom. The van der Waals surface area contributed by atoms with E-state index in [9.17, 15) is 19.3 Å². The number of anilines is 1. The number of nitro benzene ring substituents is 1. The molecule has 2 aromatic carbocycles. The van der Waals surface area contributed by atoms with Gasteiger partial charge < -0.3 is 9.73 Å². The molecule has 1 amide bonds. The first-order valence-electron chi connectivity index (χ1n) is 7.70. The van der Waals surface area contributed by atoms with E-state index < -0.39 is 16.4 Å². The first-order valence-corrected chi connectivity index (χ1v) is 7.70. The Kier molecular flexibility index (Phi) is 4.47. The molecule has 6 nitrogen and oxygen atoms in total. The van der Waals surface area contributed by atoms with Gasteiger partial charge in [0.25, 0.3) is 0 Å². The van der Waals surface area contributed by atoms with E-state index in [-0.39, 0.29) is 18.0 Å². The highest BCUT2D eigenvalue weighted by atomic mass is 19.1. The average Bonchev–Trinajstić information content (AvgIpc) is 2.98. The highest BCUT2D eigenvalue weighted by Gasteiger charge is 2.16. The molecule has 0 saturated carbocycles. The molecule has 0 bridgehead atoms. The van der Waals surface area contributed by atoms with Crippen molar-refractivity contribution in [2.45, 2.75) is 19.8 Å². The number of rotatable bonds is 5. The van der Waals surface area contributed by atoms with E-state index in [0.29, 0.717) is 11.1 Å². The van der Waals surface area contributed by atoms with Gasteiger partial charge in [-0.3, -0.25) is 14.9 Å². The van der Waals surface area contributed by atoms with Gasteiger partial charge in [-0.25, -0.2) is 0 Å². The second-order valence-electron chi connectivity index (χ2n) is 5.59. The number of benzene rings is 2. The molecule has 3 aromatic rings. The minimum absolute atomic E-state index is 0.0453. The number of carbonyl (C=O) groups excluding carboxylic acids is 1. The van der Waals surface area contributed by atoms with Gasteiger partial charge in [0.15, 0.2) is 0 Å². The van der Waals surface area contributed by atoms with Crippen molar-refractivity contribution in [1.29, 1.82) is 0 Å². The molecule has 3 rings (SSSR count). The molecule has 0 spiro atoms. The second-order valence-corrected chi connectivity index (χ2v) is 5.59. The van der Waals surface area contributed by atoms with E-state index in [2.05, 4.69) is 5.32 Å². The van der Waals surface area contributed by atoms with Crippen LogP contribution in [0.2, 0.25) is 0 Å². The Morgan fingerprint density at radius 2 is 2.08 bits per heavy atom. The summed E-state index contributed by atoms with van der Waals surface area (Å²) in [7, 11) is 0. The van der Waals surface area contributed by atoms with E-state index in [0.717, 1.165) is 29.5 Å². The normalized spacial score (nSPS) is 10.8. The number of carbonyl (C=O) groups is 1. The number of hydrogen-bond acceptors (Lipinski definition) is 4. The van der Waals surface area contributed by atoms with Crippen LogP contribution in [0.4, 0.5) is 15.8 Å². The van der Waals surface area contributed by atoms with Crippen LogP contribution in [0.5, 0.6) is 0 Å². The zero-order valence-electron chi connectivity index (χ0n) is 13.4. The van der Waals surface area contributed by atoms with E-state index >= 15 is 0 Å². The van der Waals surface area contributed by atoms with Crippen LogP contribution >= 0.6 is 0 Å². The third kappa shape index (κ3) is 3.50. The van der Waals surface area contributed by atoms with E-state index in [1.807, 2.05) is 25.1 Å². The van der Waals surface area contributed by atoms with Crippen molar-refractivity contribution in [3.8, 4) is 0 Å². The molecule has 1 heterocycles. The van der Waals surface area contributed by atoms with Crippen molar-refractivity contribution in [1.82, 2.24) is 0 Å². The number of furan rings is 1. The topological polar surface area (TPSA) is 85.4 Å². The van der Waals surface area contributed by atoms with Gasteiger partial charge in [0.1, 0.15) is 5.58 Å². The molecule has 128 valence electrons. The maximum absolute atomic E-state index is 13.3. The van der Waals surface area contributed by atoms with Gasteiger partial charge >= 0.3 is 5.69 Å². The van der Waals surface area contributed by atoms with E-state index in [4.69, 9.17) is 4.42 Å². The third-order valence-electron chi connectivity index (χ3n) is 3.91. The van der Waals surface area contributed by atoms with Crippen molar-refractivity contribution in [2.24, 2.45) is 0 Å². The van der Waals surface area contributed by atoms with Gasteiger partial charge in [0.05, 0.1) is 17.6 Å². The number of nitro groups is 1. The highest BCUT2D eigenvalue weighted by molar-refractivity contribution is 5.95. The minimum atomic E-state index is -0.949. The Morgan fingerprint density at radius 3 is 2.80 bits per heavy atom. The lowest BCUT2D eigenvalue weighted by Gasteiger charge is -2.05. The van der Waals surface area contributed by atoms with E-state index in [1.54, 1.807) is 0 Å². The third-order valence-corrected chi connectivity index (χ3v) is 3.91. The molecule has 1 N–H and O–H groups in total. The van der Waals surface area contributed by atoms with Crippen LogP contribution in [0.15, 0.2) is 47.1 Å². The minimum Gasteiger partial charge on any atom is -0.464 e. The smallest absolute Gasteiger partial charge is 0.306 e. The fraction of sp³-hybridized carbons (Fsp3) is 0.167. The van der Waals surface area contributed by atoms with Gasteiger partial charge in [0, 0.05) is 22.7 Å². The lowest BCUT2D eigenvalue weighted by Crippen LogP contribution is -2.14. The first-order chi connectivity index (χ1) is 12.0. The molecule has 0 aliphatic heterocycles. The van der Waals surface area contributed by atoms with Crippen LogP contribution in [-0.4, -0.2) is 10.8 Å².